The van der Waals surface area contributed by atoms with E-state index in [0.29, 0.717) is 23.8 Å². The molecule has 2 aromatic carbocycles. The highest BCUT2D eigenvalue weighted by molar-refractivity contribution is 5.91. The van der Waals surface area contributed by atoms with Gasteiger partial charge in [0.05, 0.1) is 32.6 Å². The van der Waals surface area contributed by atoms with Crippen LogP contribution in [0.1, 0.15) is 18.0 Å². The first-order chi connectivity index (χ1) is 11.7. The molecule has 6 nitrogen and oxygen atoms in total. The highest BCUT2D eigenvalue weighted by Gasteiger charge is 2.23. The third-order valence-electron chi connectivity index (χ3n) is 3.92. The summed E-state index contributed by atoms with van der Waals surface area (Å²) in [6, 6.07) is 12.6. The first-order valence-corrected chi connectivity index (χ1v) is 7.72. The van der Waals surface area contributed by atoms with Crippen LogP contribution < -0.4 is 24.8 Å². The topological polar surface area (TPSA) is 68.8 Å². The molecule has 0 aromatic heterocycles. The molecule has 3 rings (SSSR count). The van der Waals surface area contributed by atoms with Crippen LogP contribution in [0, 0.1) is 0 Å². The number of para-hydroxylation sites is 1. The van der Waals surface area contributed by atoms with Gasteiger partial charge in [0.1, 0.15) is 17.2 Å². The maximum Gasteiger partial charge on any atom is 0.319 e. The van der Waals surface area contributed by atoms with E-state index in [0.717, 1.165) is 17.7 Å². The van der Waals surface area contributed by atoms with Crippen LogP contribution in [0.25, 0.3) is 0 Å². The van der Waals surface area contributed by atoms with E-state index in [1.54, 1.807) is 32.4 Å². The molecule has 0 saturated heterocycles. The SMILES string of the molecule is COc1ccc(OC)c(NC(=O)NC2CCOc3ccccc32)c1. The fraction of sp³-hybridized carbons (Fsp3) is 0.278. The molecule has 2 N–H and O–H groups in total. The summed E-state index contributed by atoms with van der Waals surface area (Å²) >= 11 is 0. The average Bonchev–Trinajstić information content (AvgIpc) is 2.62. The molecule has 1 heterocycles. The number of carbonyl (C=O) groups excluding carboxylic acids is 1. The quantitative estimate of drug-likeness (QED) is 0.903. The number of methoxy groups -OCH3 is 2. The van der Waals surface area contributed by atoms with Crippen molar-refractivity contribution >= 4 is 11.7 Å². The largest absolute Gasteiger partial charge is 0.497 e. The second-order valence-electron chi connectivity index (χ2n) is 5.39. The van der Waals surface area contributed by atoms with E-state index in [2.05, 4.69) is 10.6 Å². The van der Waals surface area contributed by atoms with Crippen molar-refractivity contribution in [2.45, 2.75) is 12.5 Å². The van der Waals surface area contributed by atoms with Crippen LogP contribution >= 0.6 is 0 Å². The lowest BCUT2D eigenvalue weighted by Crippen LogP contribution is -2.35. The van der Waals surface area contributed by atoms with Crippen LogP contribution in [-0.4, -0.2) is 26.9 Å². The van der Waals surface area contributed by atoms with Gasteiger partial charge in [-0.2, -0.15) is 0 Å². The summed E-state index contributed by atoms with van der Waals surface area (Å²) in [4.78, 5) is 12.4. The maximum absolute atomic E-state index is 12.4. The van der Waals surface area contributed by atoms with E-state index in [-0.39, 0.29) is 12.1 Å². The Balaban J connectivity index is 1.73. The van der Waals surface area contributed by atoms with Gasteiger partial charge in [0.15, 0.2) is 0 Å². The molecule has 0 spiro atoms. The van der Waals surface area contributed by atoms with Gasteiger partial charge in [-0.3, -0.25) is 0 Å². The monoisotopic (exact) mass is 328 g/mol. The lowest BCUT2D eigenvalue weighted by molar-refractivity contribution is 0.232. The number of anilines is 1. The smallest absolute Gasteiger partial charge is 0.319 e. The van der Waals surface area contributed by atoms with Crippen LogP contribution in [0.15, 0.2) is 42.5 Å². The molecular formula is C18H20N2O4. The van der Waals surface area contributed by atoms with Gasteiger partial charge in [-0.05, 0) is 18.2 Å². The first kappa shape index (κ1) is 16.0. The van der Waals surface area contributed by atoms with Crippen molar-refractivity contribution in [3.63, 3.8) is 0 Å². The molecule has 24 heavy (non-hydrogen) atoms. The molecule has 0 bridgehead atoms. The van der Waals surface area contributed by atoms with Gasteiger partial charge in [0.25, 0.3) is 0 Å². The molecule has 6 heteroatoms. The summed E-state index contributed by atoms with van der Waals surface area (Å²) < 4.78 is 16.1. The average molecular weight is 328 g/mol. The highest BCUT2D eigenvalue weighted by Crippen LogP contribution is 2.32. The predicted molar refractivity (Wildman–Crippen MR) is 91.0 cm³/mol. The van der Waals surface area contributed by atoms with Gasteiger partial charge in [0.2, 0.25) is 0 Å². The Morgan fingerprint density at radius 3 is 2.79 bits per heavy atom. The number of rotatable bonds is 4. The summed E-state index contributed by atoms with van der Waals surface area (Å²) in [5, 5.41) is 5.80. The van der Waals surface area contributed by atoms with Crippen LogP contribution in [0.3, 0.4) is 0 Å². The molecule has 1 aliphatic heterocycles. The zero-order chi connectivity index (χ0) is 16.9. The minimum atomic E-state index is -0.303. The Morgan fingerprint density at radius 2 is 2.00 bits per heavy atom. The number of amides is 2. The number of carbonyl (C=O) groups is 1. The van der Waals surface area contributed by atoms with Crippen LogP contribution in [0.2, 0.25) is 0 Å². The molecule has 1 aliphatic rings. The van der Waals surface area contributed by atoms with Crippen LogP contribution in [0.5, 0.6) is 17.2 Å². The van der Waals surface area contributed by atoms with E-state index in [1.165, 1.54) is 0 Å². The molecule has 0 aliphatic carbocycles. The summed E-state index contributed by atoms with van der Waals surface area (Å²) in [6.07, 6.45) is 0.722. The van der Waals surface area contributed by atoms with Gasteiger partial charge in [-0.1, -0.05) is 18.2 Å². The number of benzene rings is 2. The number of hydrogen-bond donors (Lipinski definition) is 2. The lowest BCUT2D eigenvalue weighted by atomic mass is 10.0. The third-order valence-corrected chi connectivity index (χ3v) is 3.92. The highest BCUT2D eigenvalue weighted by atomic mass is 16.5. The summed E-state index contributed by atoms with van der Waals surface area (Å²) in [7, 11) is 3.13. The maximum atomic E-state index is 12.4. The second-order valence-corrected chi connectivity index (χ2v) is 5.39. The standard InChI is InChI=1S/C18H20N2O4/c1-22-12-7-8-17(23-2)15(11-12)20-18(21)19-14-9-10-24-16-6-4-3-5-13(14)16/h3-8,11,14H,9-10H2,1-2H3,(H2,19,20,21). The van der Waals surface area contributed by atoms with E-state index >= 15 is 0 Å². The fourth-order valence-electron chi connectivity index (χ4n) is 2.72. The van der Waals surface area contributed by atoms with Crippen molar-refractivity contribution in [3.8, 4) is 17.2 Å². The van der Waals surface area contributed by atoms with Gasteiger partial charge in [-0.15, -0.1) is 0 Å². The van der Waals surface area contributed by atoms with E-state index in [1.807, 2.05) is 24.3 Å². The summed E-state index contributed by atoms with van der Waals surface area (Å²) in [5.41, 5.74) is 1.53. The molecule has 2 amide bonds. The van der Waals surface area contributed by atoms with Crippen molar-refractivity contribution in [1.82, 2.24) is 5.32 Å². The zero-order valence-corrected chi connectivity index (χ0v) is 13.7. The Hall–Kier alpha value is -2.89. The Kier molecular flexibility index (Phi) is 4.74. The predicted octanol–water partition coefficient (Wildman–Crippen LogP) is 3.35. The lowest BCUT2D eigenvalue weighted by Gasteiger charge is -2.26. The van der Waals surface area contributed by atoms with Gasteiger partial charge < -0.3 is 24.8 Å². The van der Waals surface area contributed by atoms with Gasteiger partial charge in [0, 0.05) is 18.1 Å². The Morgan fingerprint density at radius 1 is 1.17 bits per heavy atom. The summed E-state index contributed by atoms with van der Waals surface area (Å²) in [6.45, 7) is 0.574. The number of urea groups is 1. The number of hydrogen-bond acceptors (Lipinski definition) is 4. The summed E-state index contributed by atoms with van der Waals surface area (Å²) in [5.74, 6) is 2.02. The molecule has 126 valence electrons. The zero-order valence-electron chi connectivity index (χ0n) is 13.7. The van der Waals surface area contributed by atoms with E-state index in [4.69, 9.17) is 14.2 Å². The number of nitrogens with one attached hydrogen (secondary N) is 2. The fourth-order valence-corrected chi connectivity index (χ4v) is 2.72. The third kappa shape index (κ3) is 3.37. The van der Waals surface area contributed by atoms with E-state index < -0.39 is 0 Å². The molecule has 1 atom stereocenters. The van der Waals surface area contributed by atoms with Gasteiger partial charge >= 0.3 is 6.03 Å². The molecule has 0 fully saturated rings. The van der Waals surface area contributed by atoms with Crippen molar-refractivity contribution in [2.24, 2.45) is 0 Å². The molecule has 1 unspecified atom stereocenters. The van der Waals surface area contributed by atoms with Crippen molar-refractivity contribution in [2.75, 3.05) is 26.1 Å². The van der Waals surface area contributed by atoms with Gasteiger partial charge in [-0.25, -0.2) is 4.79 Å². The number of fused-ring (bicyclic) bond motifs is 1. The molecular weight excluding hydrogens is 308 g/mol. The van der Waals surface area contributed by atoms with E-state index in [9.17, 15) is 4.79 Å². The Labute approximate surface area is 140 Å². The van der Waals surface area contributed by atoms with Crippen molar-refractivity contribution in [1.29, 1.82) is 0 Å². The van der Waals surface area contributed by atoms with Crippen LogP contribution in [0.4, 0.5) is 10.5 Å². The minimum Gasteiger partial charge on any atom is -0.497 e. The normalized spacial score (nSPS) is 15.7. The number of ether oxygens (including phenoxy) is 3. The second kappa shape index (κ2) is 7.12. The minimum absolute atomic E-state index is 0.0912. The molecule has 0 radical (unpaired) electrons. The molecule has 0 saturated carbocycles. The Bertz CT molecular complexity index is 733. The molecule has 2 aromatic rings. The van der Waals surface area contributed by atoms with Crippen molar-refractivity contribution in [3.05, 3.63) is 48.0 Å². The van der Waals surface area contributed by atoms with Crippen LogP contribution in [-0.2, 0) is 0 Å². The van der Waals surface area contributed by atoms with Crippen molar-refractivity contribution < 1.29 is 19.0 Å². The first-order valence-electron chi connectivity index (χ1n) is 7.72.